The Hall–Kier alpha value is -6.15. The van der Waals surface area contributed by atoms with E-state index in [0.29, 0.717) is 64.6 Å². The minimum atomic E-state index is -2.77. The Morgan fingerprint density at radius 3 is 2.15 bits per heavy atom. The highest BCUT2D eigenvalue weighted by atomic mass is 28.4. The second-order valence-electron chi connectivity index (χ2n) is 20.2. The second kappa shape index (κ2) is 18.9. The Morgan fingerprint density at radius 1 is 0.821 bits per heavy atom. The highest BCUT2D eigenvalue weighted by Gasteiger charge is 2.40. The smallest absolute Gasteiger partial charge is 0.410 e. The van der Waals surface area contributed by atoms with Crippen molar-refractivity contribution in [2.45, 2.75) is 123 Å². The van der Waals surface area contributed by atoms with Crippen LogP contribution in [0.1, 0.15) is 98.3 Å². The van der Waals surface area contributed by atoms with Crippen LogP contribution in [0.15, 0.2) is 97.1 Å². The van der Waals surface area contributed by atoms with Crippen molar-refractivity contribution < 1.29 is 41.8 Å². The van der Waals surface area contributed by atoms with Gasteiger partial charge in [0.15, 0.2) is 11.5 Å². The number of carbonyl (C=O) groups excluding carboxylic acids is 3. The second-order valence-corrected chi connectivity index (χ2v) is 25.0. The van der Waals surface area contributed by atoms with Crippen molar-refractivity contribution in [1.82, 2.24) is 14.4 Å². The number of nitrogens with zero attached hydrogens (tertiary/aromatic N) is 4. The Bertz CT molecular complexity index is 2620. The van der Waals surface area contributed by atoms with E-state index in [1.54, 1.807) is 36.6 Å². The topological polar surface area (TPSA) is 103 Å². The Labute approximate surface area is 393 Å². The van der Waals surface area contributed by atoms with Gasteiger partial charge in [0, 0.05) is 54.0 Å². The molecule has 11 nitrogen and oxygen atoms in total. The van der Waals surface area contributed by atoms with Gasteiger partial charge in [0.1, 0.15) is 11.4 Å². The lowest BCUT2D eigenvalue weighted by molar-refractivity contribution is 0.00793. The van der Waals surface area contributed by atoms with Crippen molar-refractivity contribution in [2.24, 2.45) is 0 Å². The SMILES string of the molecule is CC(C)(C)OC(=O)N(CC[C@@H]1Cc2ccccc2CN1C(=O)c1cc2c(cc1-c1cc(C(=O)N(c3ccccc3)c3ccc(O[Si](C)(C)C(C)(C)C)cc3)c3n1CCCC3)OCO2)CC(F)F. The first kappa shape index (κ1) is 47.3. The first-order valence-corrected chi connectivity index (χ1v) is 26.2. The van der Waals surface area contributed by atoms with Gasteiger partial charge in [0.05, 0.1) is 17.7 Å². The van der Waals surface area contributed by atoms with E-state index in [9.17, 15) is 13.6 Å². The number of rotatable bonds is 12. The summed E-state index contributed by atoms with van der Waals surface area (Å²) in [6.07, 6.45) is -0.490. The zero-order chi connectivity index (χ0) is 47.8. The lowest BCUT2D eigenvalue weighted by atomic mass is 9.90. The van der Waals surface area contributed by atoms with Crippen LogP contribution in [-0.2, 0) is 30.7 Å². The van der Waals surface area contributed by atoms with Crippen molar-refractivity contribution in [2.75, 3.05) is 24.8 Å². The maximum atomic E-state index is 15.4. The molecule has 4 aromatic carbocycles. The third kappa shape index (κ3) is 10.2. The van der Waals surface area contributed by atoms with Crippen LogP contribution in [0.5, 0.6) is 17.2 Å². The Kier molecular flexibility index (Phi) is 13.3. The van der Waals surface area contributed by atoms with Gasteiger partial charge in [-0.2, -0.15) is 0 Å². The van der Waals surface area contributed by atoms with Gasteiger partial charge in [-0.3, -0.25) is 14.5 Å². The van der Waals surface area contributed by atoms with Crippen LogP contribution in [0.25, 0.3) is 11.3 Å². The molecule has 0 radical (unpaired) electrons. The Morgan fingerprint density at radius 2 is 1.48 bits per heavy atom. The first-order valence-electron chi connectivity index (χ1n) is 23.3. The minimum absolute atomic E-state index is 0.0107. The number of aromatic nitrogens is 1. The van der Waals surface area contributed by atoms with Gasteiger partial charge in [-0.15, -0.1) is 0 Å². The molecule has 67 heavy (non-hydrogen) atoms. The van der Waals surface area contributed by atoms with Crippen molar-refractivity contribution in [1.29, 1.82) is 0 Å². The van der Waals surface area contributed by atoms with Crippen LogP contribution in [0.3, 0.4) is 0 Å². The van der Waals surface area contributed by atoms with E-state index in [1.165, 1.54) is 0 Å². The summed E-state index contributed by atoms with van der Waals surface area (Å²) in [5.41, 5.74) is 5.58. The molecule has 0 saturated carbocycles. The number of hydrogen-bond acceptors (Lipinski definition) is 7. The predicted molar refractivity (Wildman–Crippen MR) is 258 cm³/mol. The monoisotopic (exact) mass is 932 g/mol. The fraction of sp³-hybridized carbons (Fsp3) is 0.415. The van der Waals surface area contributed by atoms with Gasteiger partial charge in [-0.05, 0) is 137 Å². The normalized spacial score (nSPS) is 15.7. The number of carbonyl (C=O) groups is 3. The molecule has 5 aromatic rings. The third-order valence-electron chi connectivity index (χ3n) is 13.4. The maximum Gasteiger partial charge on any atom is 0.410 e. The molecule has 0 unspecified atom stereocenters. The molecule has 1 atom stereocenters. The van der Waals surface area contributed by atoms with Crippen molar-refractivity contribution >= 4 is 37.6 Å². The highest BCUT2D eigenvalue weighted by Crippen LogP contribution is 2.44. The van der Waals surface area contributed by atoms with Gasteiger partial charge in [-0.25, -0.2) is 13.6 Å². The minimum Gasteiger partial charge on any atom is -0.544 e. The number of hydrogen-bond donors (Lipinski definition) is 0. The van der Waals surface area contributed by atoms with E-state index in [4.69, 9.17) is 18.6 Å². The number of alkyl halides is 2. The maximum absolute atomic E-state index is 15.4. The molecule has 1 aromatic heterocycles. The molecule has 4 heterocycles. The molecule has 0 bridgehead atoms. The zero-order valence-corrected chi connectivity index (χ0v) is 40.9. The summed E-state index contributed by atoms with van der Waals surface area (Å²) in [6, 6.07) is 30.2. The zero-order valence-electron chi connectivity index (χ0n) is 39.9. The van der Waals surface area contributed by atoms with Crippen LogP contribution in [0, 0.1) is 0 Å². The molecule has 3 amide bonds. The van der Waals surface area contributed by atoms with E-state index in [1.807, 2.05) is 91.0 Å². The molecular weight excluding hydrogens is 871 g/mol. The molecular formula is C53H62F2N4O7Si. The number of para-hydroxylation sites is 1. The summed E-state index contributed by atoms with van der Waals surface area (Å²) < 4.78 is 53.9. The molecule has 354 valence electrons. The molecule has 14 heteroatoms. The third-order valence-corrected chi connectivity index (χ3v) is 17.7. The number of fused-ring (bicyclic) bond motifs is 3. The number of halogens is 2. The summed E-state index contributed by atoms with van der Waals surface area (Å²) >= 11 is 0. The van der Waals surface area contributed by atoms with Crippen LogP contribution in [-0.4, -0.2) is 78.5 Å². The standard InChI is InChI=1S/C53H62F2N4O7Si/c1-52(2,3)65-51(62)56(33-48(54)55)27-25-39-28-35-16-12-13-17-36(35)32-58(39)49(60)42-31-47-46(63-34-64-47)30-41(42)45-29-43(44-20-14-15-26-57(44)45)50(61)59(37-18-10-9-11-19-37)38-21-23-40(24-22-38)66-67(7,8)53(4,5)6/h9-13,16-19,21-24,29-31,39,48H,14-15,20,25-28,32-34H2,1-8H3/t39-/m1/s1. The number of ether oxygens (including phenoxy) is 3. The van der Waals surface area contributed by atoms with E-state index < -0.39 is 39.0 Å². The molecule has 0 fully saturated rings. The molecule has 3 aliphatic heterocycles. The predicted octanol–water partition coefficient (Wildman–Crippen LogP) is 12.0. The average Bonchev–Trinajstić information content (AvgIpc) is 3.91. The van der Waals surface area contributed by atoms with E-state index in [2.05, 4.69) is 38.4 Å². The van der Waals surface area contributed by atoms with Crippen LogP contribution in [0.2, 0.25) is 18.1 Å². The van der Waals surface area contributed by atoms with E-state index in [-0.39, 0.29) is 43.2 Å². The van der Waals surface area contributed by atoms with Crippen LogP contribution in [0.4, 0.5) is 25.0 Å². The number of amides is 3. The number of anilines is 2. The Balaban J connectivity index is 1.18. The van der Waals surface area contributed by atoms with Crippen LogP contribution >= 0.6 is 0 Å². The fourth-order valence-electron chi connectivity index (χ4n) is 8.90. The molecule has 0 N–H and O–H groups in total. The summed E-state index contributed by atoms with van der Waals surface area (Å²) in [5, 5.41) is 0.0107. The van der Waals surface area contributed by atoms with Crippen molar-refractivity contribution in [3.63, 3.8) is 0 Å². The molecule has 0 saturated heterocycles. The van der Waals surface area contributed by atoms with E-state index >= 15 is 9.59 Å². The van der Waals surface area contributed by atoms with Gasteiger partial charge in [0.25, 0.3) is 18.2 Å². The van der Waals surface area contributed by atoms with E-state index in [0.717, 1.165) is 40.3 Å². The summed E-state index contributed by atoms with van der Waals surface area (Å²) in [7, 11) is -2.12. The average molecular weight is 933 g/mol. The summed E-state index contributed by atoms with van der Waals surface area (Å²) in [4.78, 5) is 48.5. The molecule has 0 aliphatic carbocycles. The van der Waals surface area contributed by atoms with Gasteiger partial charge in [-0.1, -0.05) is 63.2 Å². The number of benzene rings is 4. The van der Waals surface area contributed by atoms with Gasteiger partial charge in [0.2, 0.25) is 15.1 Å². The van der Waals surface area contributed by atoms with Crippen LogP contribution < -0.4 is 18.8 Å². The van der Waals surface area contributed by atoms with Crippen molar-refractivity contribution in [3.8, 4) is 28.5 Å². The summed E-state index contributed by atoms with van der Waals surface area (Å²) in [5.74, 6) is 1.16. The van der Waals surface area contributed by atoms with Gasteiger partial charge >= 0.3 is 6.09 Å². The molecule has 3 aliphatic rings. The lowest BCUT2D eigenvalue weighted by Crippen LogP contribution is -2.47. The molecule has 8 rings (SSSR count). The summed E-state index contributed by atoms with van der Waals surface area (Å²) in [6.45, 7) is 16.1. The largest absolute Gasteiger partial charge is 0.544 e. The fourth-order valence-corrected chi connectivity index (χ4v) is 9.93. The lowest BCUT2D eigenvalue weighted by Gasteiger charge is -2.38. The molecule has 0 spiro atoms. The first-order chi connectivity index (χ1) is 31.8. The highest BCUT2D eigenvalue weighted by molar-refractivity contribution is 6.74. The van der Waals surface area contributed by atoms with Gasteiger partial charge < -0.3 is 33.0 Å². The quantitative estimate of drug-likeness (QED) is 0.115. The van der Waals surface area contributed by atoms with Crippen molar-refractivity contribution in [3.05, 3.63) is 125 Å².